The minimum Gasteiger partial charge on any atom is -0.485 e. The van der Waals surface area contributed by atoms with Crippen LogP contribution in [0.5, 0.6) is 11.5 Å². The number of para-hydroxylation sites is 3. The van der Waals surface area contributed by atoms with E-state index >= 15 is 0 Å². The van der Waals surface area contributed by atoms with E-state index in [-0.39, 0.29) is 18.1 Å². The fraction of sp³-hybridized carbons (Fsp3) is 0.182. The lowest BCUT2D eigenvalue weighted by molar-refractivity contribution is -0.113. The summed E-state index contributed by atoms with van der Waals surface area (Å²) in [5.74, 6) is 1.49. The third-order valence-electron chi connectivity index (χ3n) is 5.44. The van der Waals surface area contributed by atoms with Gasteiger partial charge in [-0.15, -0.1) is 5.10 Å². The molecular formula is C22H16N4O4S. The molecule has 1 atom stereocenters. The van der Waals surface area contributed by atoms with Crippen LogP contribution in [0.1, 0.15) is 24.4 Å². The molecule has 4 aromatic rings. The zero-order valence-corrected chi connectivity index (χ0v) is 17.3. The molecule has 0 aliphatic carbocycles. The summed E-state index contributed by atoms with van der Waals surface area (Å²) in [6.07, 6.45) is -0.512. The Morgan fingerprint density at radius 2 is 1.87 bits per heavy atom. The number of fused-ring (bicyclic) bond motifs is 3. The van der Waals surface area contributed by atoms with Crippen molar-refractivity contribution in [2.24, 2.45) is 0 Å². The highest BCUT2D eigenvalue weighted by Crippen LogP contribution is 2.36. The van der Waals surface area contributed by atoms with E-state index < -0.39 is 6.10 Å². The highest BCUT2D eigenvalue weighted by molar-refractivity contribution is 7.15. The maximum atomic E-state index is 13.2. The molecule has 4 heterocycles. The van der Waals surface area contributed by atoms with Crippen molar-refractivity contribution in [2.75, 3.05) is 18.1 Å². The molecular weight excluding hydrogens is 416 g/mol. The van der Waals surface area contributed by atoms with E-state index in [2.05, 4.69) is 10.1 Å². The first-order valence-electron chi connectivity index (χ1n) is 9.89. The number of likely N-dealkylation sites (N-methyl/N-ethyl adjacent to an activating group) is 1. The van der Waals surface area contributed by atoms with E-state index in [4.69, 9.17) is 9.47 Å². The van der Waals surface area contributed by atoms with E-state index in [1.807, 2.05) is 55.5 Å². The van der Waals surface area contributed by atoms with Crippen LogP contribution >= 0.6 is 11.3 Å². The minimum absolute atomic E-state index is 0.175. The number of amides is 1. The summed E-state index contributed by atoms with van der Waals surface area (Å²) in [4.78, 5) is 32.8. The van der Waals surface area contributed by atoms with Gasteiger partial charge >= 0.3 is 0 Å². The van der Waals surface area contributed by atoms with Crippen LogP contribution in [0.15, 0.2) is 53.3 Å². The van der Waals surface area contributed by atoms with Crippen LogP contribution in [0.3, 0.4) is 0 Å². The van der Waals surface area contributed by atoms with Gasteiger partial charge in [-0.2, -0.15) is 9.50 Å². The zero-order chi connectivity index (χ0) is 21.1. The summed E-state index contributed by atoms with van der Waals surface area (Å²) >= 11 is 1.17. The predicted molar refractivity (Wildman–Crippen MR) is 115 cm³/mol. The Morgan fingerprint density at radius 1 is 1.10 bits per heavy atom. The lowest BCUT2D eigenvalue weighted by Crippen LogP contribution is -2.32. The van der Waals surface area contributed by atoms with Crippen molar-refractivity contribution in [1.29, 1.82) is 0 Å². The maximum Gasteiger partial charge on any atom is 0.291 e. The first-order chi connectivity index (χ1) is 15.2. The van der Waals surface area contributed by atoms with E-state index in [1.165, 1.54) is 15.9 Å². The van der Waals surface area contributed by atoms with E-state index in [0.29, 0.717) is 38.9 Å². The molecule has 1 unspecified atom stereocenters. The van der Waals surface area contributed by atoms with Gasteiger partial charge < -0.3 is 14.4 Å². The average Bonchev–Trinajstić information content (AvgIpc) is 3.43. The minimum atomic E-state index is -0.512. The standard InChI is InChI=1S/C22H16N4O4S/c1-2-25-13-8-4-3-7-12(13)17(20(25)27)18-21(28)26-22(31-18)23-19(24-26)16-11-29-14-9-5-6-10-15(14)30-16/h3-10,16H,2,11H2,1H3. The average molecular weight is 432 g/mol. The fourth-order valence-electron chi connectivity index (χ4n) is 4.00. The molecule has 1 amide bonds. The van der Waals surface area contributed by atoms with Gasteiger partial charge in [0.2, 0.25) is 4.96 Å². The molecule has 0 bridgehead atoms. The van der Waals surface area contributed by atoms with Crippen LogP contribution in [0.2, 0.25) is 0 Å². The quantitative estimate of drug-likeness (QED) is 0.481. The largest absolute Gasteiger partial charge is 0.485 e. The molecule has 2 aliphatic heterocycles. The van der Waals surface area contributed by atoms with Gasteiger partial charge in [-0.25, -0.2) is 0 Å². The summed E-state index contributed by atoms with van der Waals surface area (Å²) in [5, 5.41) is 4.38. The van der Waals surface area contributed by atoms with Crippen molar-refractivity contribution in [2.45, 2.75) is 13.0 Å². The highest BCUT2D eigenvalue weighted by Gasteiger charge is 2.34. The van der Waals surface area contributed by atoms with Gasteiger partial charge in [0.1, 0.15) is 11.1 Å². The summed E-state index contributed by atoms with van der Waals surface area (Å²) < 4.78 is 13.3. The molecule has 0 radical (unpaired) electrons. The second-order valence-corrected chi connectivity index (χ2v) is 8.18. The third-order valence-corrected chi connectivity index (χ3v) is 6.47. The highest BCUT2D eigenvalue weighted by atomic mass is 32.1. The summed E-state index contributed by atoms with van der Waals surface area (Å²) in [6.45, 7) is 2.69. The molecule has 31 heavy (non-hydrogen) atoms. The smallest absolute Gasteiger partial charge is 0.291 e. The van der Waals surface area contributed by atoms with Gasteiger partial charge in [-0.1, -0.05) is 41.7 Å². The molecule has 0 saturated heterocycles. The monoisotopic (exact) mass is 432 g/mol. The summed E-state index contributed by atoms with van der Waals surface area (Å²) in [5.41, 5.74) is 1.63. The fourth-order valence-corrected chi connectivity index (χ4v) is 5.00. The van der Waals surface area contributed by atoms with Crippen LogP contribution in [0.25, 0.3) is 10.5 Å². The van der Waals surface area contributed by atoms with Crippen molar-refractivity contribution in [3.63, 3.8) is 0 Å². The van der Waals surface area contributed by atoms with E-state index in [1.54, 1.807) is 4.90 Å². The lowest BCUT2D eigenvalue weighted by Gasteiger charge is -2.24. The van der Waals surface area contributed by atoms with Gasteiger partial charge in [0.15, 0.2) is 23.4 Å². The second-order valence-electron chi connectivity index (χ2n) is 7.21. The molecule has 9 heteroatoms. The van der Waals surface area contributed by atoms with Crippen molar-refractivity contribution >= 4 is 33.5 Å². The Kier molecular flexibility index (Phi) is 3.87. The molecule has 2 aliphatic rings. The molecule has 0 fully saturated rings. The van der Waals surface area contributed by atoms with Gasteiger partial charge in [-0.3, -0.25) is 9.59 Å². The molecule has 2 aromatic carbocycles. The van der Waals surface area contributed by atoms with E-state index in [9.17, 15) is 9.59 Å². The molecule has 0 spiro atoms. The number of thiazole rings is 1. The first kappa shape index (κ1) is 18.1. The Balaban J connectivity index is 1.46. The number of ether oxygens (including phenoxy) is 2. The van der Waals surface area contributed by atoms with Crippen molar-refractivity contribution in [3.05, 3.63) is 74.8 Å². The first-order valence-corrected chi connectivity index (χ1v) is 10.7. The SMILES string of the molecule is CCN1C(=O)C(=c2sc3nc(C4COc5ccccc5O4)nn3c2=O)c2ccccc21. The molecule has 0 saturated carbocycles. The number of hydrogen-bond acceptors (Lipinski definition) is 7. The van der Waals surface area contributed by atoms with Crippen LogP contribution in [-0.4, -0.2) is 33.7 Å². The van der Waals surface area contributed by atoms with Crippen molar-refractivity contribution in [1.82, 2.24) is 14.6 Å². The Bertz CT molecular complexity index is 1470. The van der Waals surface area contributed by atoms with Gasteiger partial charge in [0.25, 0.3) is 11.5 Å². The van der Waals surface area contributed by atoms with E-state index in [0.717, 1.165) is 11.3 Å². The Morgan fingerprint density at radius 3 is 2.68 bits per heavy atom. The molecule has 6 rings (SSSR count). The van der Waals surface area contributed by atoms with Gasteiger partial charge in [0.05, 0.1) is 11.3 Å². The Hall–Kier alpha value is -3.72. The van der Waals surface area contributed by atoms with Gasteiger partial charge in [0, 0.05) is 12.1 Å². The van der Waals surface area contributed by atoms with Crippen LogP contribution in [0.4, 0.5) is 5.69 Å². The number of nitrogens with zero attached hydrogens (tertiary/aromatic N) is 4. The topological polar surface area (TPSA) is 86.0 Å². The molecule has 8 nitrogen and oxygen atoms in total. The number of hydrogen-bond donors (Lipinski definition) is 0. The van der Waals surface area contributed by atoms with Crippen LogP contribution < -0.4 is 24.5 Å². The third kappa shape index (κ3) is 2.59. The zero-order valence-electron chi connectivity index (χ0n) is 16.4. The van der Waals surface area contributed by atoms with Crippen LogP contribution in [-0.2, 0) is 4.79 Å². The number of anilines is 1. The normalized spacial score (nSPS) is 19.2. The number of carbonyl (C=O) groups excluding carboxylic acids is 1. The number of aromatic nitrogens is 3. The second kappa shape index (κ2) is 6.64. The maximum absolute atomic E-state index is 13.2. The van der Waals surface area contributed by atoms with Crippen molar-refractivity contribution in [3.8, 4) is 11.5 Å². The number of benzene rings is 2. The van der Waals surface area contributed by atoms with Crippen LogP contribution in [0, 0.1) is 0 Å². The molecule has 154 valence electrons. The summed E-state index contributed by atoms with van der Waals surface area (Å²) in [6, 6.07) is 14.9. The number of carbonyl (C=O) groups is 1. The molecule has 2 aromatic heterocycles. The Labute approximate surface area is 180 Å². The summed E-state index contributed by atoms with van der Waals surface area (Å²) in [7, 11) is 0. The predicted octanol–water partition coefficient (Wildman–Crippen LogP) is 1.95. The number of rotatable bonds is 2. The molecule has 0 N–H and O–H groups in total. The van der Waals surface area contributed by atoms with Crippen molar-refractivity contribution < 1.29 is 14.3 Å². The van der Waals surface area contributed by atoms with Gasteiger partial charge in [-0.05, 0) is 25.1 Å². The lowest BCUT2D eigenvalue weighted by atomic mass is 10.1.